The van der Waals surface area contributed by atoms with Crippen LogP contribution in [0.3, 0.4) is 0 Å². The second-order valence-corrected chi connectivity index (χ2v) is 4.10. The average molecular weight is 240 g/mol. The summed E-state index contributed by atoms with van der Waals surface area (Å²) in [5, 5.41) is 12.9. The minimum Gasteiger partial charge on any atom is -0.395 e. The van der Waals surface area contributed by atoms with Crippen LogP contribution in [0.2, 0.25) is 0 Å². The van der Waals surface area contributed by atoms with Gasteiger partial charge >= 0.3 is 0 Å². The molecule has 0 bridgehead atoms. The van der Waals surface area contributed by atoms with E-state index in [1.165, 1.54) is 5.56 Å². The first-order valence-corrected chi connectivity index (χ1v) is 5.96. The third kappa shape index (κ3) is 3.22. The second kappa shape index (κ2) is 6.04. The molecule has 0 fully saturated rings. The van der Waals surface area contributed by atoms with Crippen molar-refractivity contribution in [3.05, 3.63) is 53.3 Å². The number of hydrogen-bond donors (Lipinski definition) is 1. The van der Waals surface area contributed by atoms with Crippen LogP contribution in [0.25, 0.3) is 0 Å². The smallest absolute Gasteiger partial charge is 0.0662 e. The molecule has 0 saturated heterocycles. The SMILES string of the molecule is Cc1ccnn1Cc1ccc(C#CCCO)cc1. The molecular formula is C15H16N2O. The molecule has 0 unspecified atom stereocenters. The summed E-state index contributed by atoms with van der Waals surface area (Å²) in [5.74, 6) is 5.92. The zero-order chi connectivity index (χ0) is 12.8. The molecule has 2 aromatic rings. The molecule has 2 rings (SSSR count). The largest absolute Gasteiger partial charge is 0.395 e. The van der Waals surface area contributed by atoms with E-state index in [0.717, 1.165) is 17.8 Å². The highest BCUT2D eigenvalue weighted by Crippen LogP contribution is 2.07. The van der Waals surface area contributed by atoms with Gasteiger partial charge in [-0.05, 0) is 30.7 Å². The van der Waals surface area contributed by atoms with Gasteiger partial charge in [0, 0.05) is 23.9 Å². The van der Waals surface area contributed by atoms with E-state index in [4.69, 9.17) is 5.11 Å². The standard InChI is InChI=1S/C15H16N2O/c1-13-9-10-16-17(13)12-15-7-5-14(6-8-15)4-2-3-11-18/h5-10,18H,3,11-12H2,1H3. The maximum atomic E-state index is 8.65. The van der Waals surface area contributed by atoms with Crippen LogP contribution in [0.5, 0.6) is 0 Å². The van der Waals surface area contributed by atoms with Crippen molar-refractivity contribution in [2.75, 3.05) is 6.61 Å². The van der Waals surface area contributed by atoms with E-state index in [9.17, 15) is 0 Å². The number of rotatable bonds is 3. The Bertz CT molecular complexity index is 558. The monoisotopic (exact) mass is 240 g/mol. The third-order valence-corrected chi connectivity index (χ3v) is 2.68. The molecule has 0 spiro atoms. The Morgan fingerprint density at radius 3 is 2.61 bits per heavy atom. The van der Waals surface area contributed by atoms with E-state index in [-0.39, 0.29) is 6.61 Å². The molecule has 1 aromatic heterocycles. The fourth-order valence-electron chi connectivity index (χ4n) is 1.65. The minimum atomic E-state index is 0.115. The molecule has 3 heteroatoms. The fraction of sp³-hybridized carbons (Fsp3) is 0.267. The highest BCUT2D eigenvalue weighted by atomic mass is 16.2. The van der Waals surface area contributed by atoms with E-state index < -0.39 is 0 Å². The topological polar surface area (TPSA) is 38.0 Å². The predicted octanol–water partition coefficient (Wildman–Crippen LogP) is 1.97. The van der Waals surface area contributed by atoms with Crippen molar-refractivity contribution >= 4 is 0 Å². The molecule has 18 heavy (non-hydrogen) atoms. The molecule has 1 N–H and O–H groups in total. The number of aromatic nitrogens is 2. The molecule has 1 heterocycles. The number of hydrogen-bond acceptors (Lipinski definition) is 2. The fourth-order valence-corrected chi connectivity index (χ4v) is 1.65. The zero-order valence-corrected chi connectivity index (χ0v) is 10.4. The van der Waals surface area contributed by atoms with E-state index in [0.29, 0.717) is 6.42 Å². The molecule has 0 saturated carbocycles. The highest BCUT2D eigenvalue weighted by Gasteiger charge is 1.98. The minimum absolute atomic E-state index is 0.115. The van der Waals surface area contributed by atoms with Gasteiger partial charge in [-0.3, -0.25) is 4.68 Å². The van der Waals surface area contributed by atoms with Crippen molar-refractivity contribution in [3.63, 3.8) is 0 Å². The lowest BCUT2D eigenvalue weighted by molar-refractivity contribution is 0.305. The van der Waals surface area contributed by atoms with Crippen LogP contribution < -0.4 is 0 Å². The van der Waals surface area contributed by atoms with E-state index >= 15 is 0 Å². The summed E-state index contributed by atoms with van der Waals surface area (Å²) in [6.07, 6.45) is 2.33. The Morgan fingerprint density at radius 2 is 2.00 bits per heavy atom. The van der Waals surface area contributed by atoms with Crippen molar-refractivity contribution in [1.29, 1.82) is 0 Å². The quantitative estimate of drug-likeness (QED) is 0.833. The first kappa shape index (κ1) is 12.4. The summed E-state index contributed by atoms with van der Waals surface area (Å²) in [5.41, 5.74) is 3.33. The summed E-state index contributed by atoms with van der Waals surface area (Å²) in [7, 11) is 0. The Labute approximate surface area is 107 Å². The first-order valence-electron chi connectivity index (χ1n) is 5.96. The molecule has 0 amide bonds. The van der Waals surface area contributed by atoms with Gasteiger partial charge in [0.2, 0.25) is 0 Å². The van der Waals surface area contributed by atoms with Gasteiger partial charge in [0.1, 0.15) is 0 Å². The van der Waals surface area contributed by atoms with Crippen LogP contribution >= 0.6 is 0 Å². The van der Waals surface area contributed by atoms with Crippen molar-refractivity contribution in [2.24, 2.45) is 0 Å². The zero-order valence-electron chi connectivity index (χ0n) is 10.4. The molecule has 0 aliphatic rings. The number of benzene rings is 1. The number of aliphatic hydroxyl groups is 1. The molecular weight excluding hydrogens is 224 g/mol. The summed E-state index contributed by atoms with van der Waals surface area (Å²) >= 11 is 0. The van der Waals surface area contributed by atoms with Crippen molar-refractivity contribution in [1.82, 2.24) is 9.78 Å². The molecule has 0 radical (unpaired) electrons. The van der Waals surface area contributed by atoms with E-state index in [1.807, 2.05) is 36.0 Å². The van der Waals surface area contributed by atoms with Gasteiger partial charge in [0.25, 0.3) is 0 Å². The summed E-state index contributed by atoms with van der Waals surface area (Å²) in [4.78, 5) is 0. The molecule has 92 valence electrons. The normalized spacial score (nSPS) is 9.89. The van der Waals surface area contributed by atoms with Gasteiger partial charge in [-0.1, -0.05) is 24.0 Å². The summed E-state index contributed by atoms with van der Waals surface area (Å²) in [6.45, 7) is 2.94. The van der Waals surface area contributed by atoms with Gasteiger partial charge < -0.3 is 5.11 Å². The maximum absolute atomic E-state index is 8.65. The lowest BCUT2D eigenvalue weighted by Crippen LogP contribution is -2.03. The predicted molar refractivity (Wildman–Crippen MR) is 71.1 cm³/mol. The maximum Gasteiger partial charge on any atom is 0.0662 e. The number of nitrogens with zero attached hydrogens (tertiary/aromatic N) is 2. The van der Waals surface area contributed by atoms with Crippen molar-refractivity contribution in [3.8, 4) is 11.8 Å². The second-order valence-electron chi connectivity index (χ2n) is 4.10. The lowest BCUT2D eigenvalue weighted by atomic mass is 10.1. The van der Waals surface area contributed by atoms with Crippen LogP contribution in [-0.2, 0) is 6.54 Å². The number of aliphatic hydroxyl groups excluding tert-OH is 1. The van der Waals surface area contributed by atoms with Crippen LogP contribution in [0.15, 0.2) is 36.5 Å². The molecule has 0 aliphatic heterocycles. The average Bonchev–Trinajstić information content (AvgIpc) is 2.78. The van der Waals surface area contributed by atoms with Crippen LogP contribution in [0.4, 0.5) is 0 Å². The lowest BCUT2D eigenvalue weighted by Gasteiger charge is -2.04. The van der Waals surface area contributed by atoms with Gasteiger partial charge in [0.05, 0.1) is 13.2 Å². The van der Waals surface area contributed by atoms with E-state index in [1.54, 1.807) is 0 Å². The van der Waals surface area contributed by atoms with Crippen LogP contribution in [0, 0.1) is 18.8 Å². The van der Waals surface area contributed by atoms with Gasteiger partial charge in [0.15, 0.2) is 0 Å². The van der Waals surface area contributed by atoms with Crippen LogP contribution in [-0.4, -0.2) is 21.5 Å². The molecule has 0 atom stereocenters. The van der Waals surface area contributed by atoms with Gasteiger partial charge in [-0.15, -0.1) is 0 Å². The Balaban J connectivity index is 2.05. The van der Waals surface area contributed by atoms with Crippen molar-refractivity contribution < 1.29 is 5.11 Å². The third-order valence-electron chi connectivity index (χ3n) is 2.68. The molecule has 1 aromatic carbocycles. The number of aryl methyl sites for hydroxylation is 1. The summed E-state index contributed by atoms with van der Waals surface area (Å²) < 4.78 is 1.96. The highest BCUT2D eigenvalue weighted by molar-refractivity contribution is 5.36. The molecule has 3 nitrogen and oxygen atoms in total. The first-order chi connectivity index (χ1) is 8.79. The van der Waals surface area contributed by atoms with Crippen molar-refractivity contribution in [2.45, 2.75) is 19.9 Å². The van der Waals surface area contributed by atoms with Gasteiger partial charge in [-0.25, -0.2) is 0 Å². The van der Waals surface area contributed by atoms with Crippen LogP contribution in [0.1, 0.15) is 23.2 Å². The summed E-state index contributed by atoms with van der Waals surface area (Å²) in [6, 6.07) is 10.1. The van der Waals surface area contributed by atoms with E-state index in [2.05, 4.69) is 29.1 Å². The Morgan fingerprint density at radius 1 is 1.22 bits per heavy atom. The van der Waals surface area contributed by atoms with Gasteiger partial charge in [-0.2, -0.15) is 5.10 Å². The molecule has 0 aliphatic carbocycles. The Hall–Kier alpha value is -2.05. The Kier molecular flexibility index (Phi) is 4.16.